The molecule has 2 fully saturated rings. The summed E-state index contributed by atoms with van der Waals surface area (Å²) in [6.45, 7) is 2.19. The molecule has 2 saturated carbocycles. The summed E-state index contributed by atoms with van der Waals surface area (Å²) in [5, 5.41) is 6.83. The fraction of sp³-hybridized carbons (Fsp3) is 0.737. The molecule has 0 aliphatic heterocycles. The zero-order chi connectivity index (χ0) is 18.5. The lowest BCUT2D eigenvalue weighted by Crippen LogP contribution is -2.34. The van der Waals surface area contributed by atoms with Crippen molar-refractivity contribution in [2.75, 3.05) is 10.6 Å². The van der Waals surface area contributed by atoms with Crippen molar-refractivity contribution < 1.29 is 4.79 Å². The van der Waals surface area contributed by atoms with Gasteiger partial charge in [-0.15, -0.1) is 0 Å². The van der Waals surface area contributed by atoms with Crippen molar-refractivity contribution >= 4 is 17.7 Å². The molecule has 0 saturated heterocycles. The summed E-state index contributed by atoms with van der Waals surface area (Å²) in [7, 11) is 0. The smallest absolute Gasteiger partial charge is 0.254 e. The fourth-order valence-corrected chi connectivity index (χ4v) is 4.15. The molecule has 2 aliphatic carbocycles. The highest BCUT2D eigenvalue weighted by Crippen LogP contribution is 2.28. The summed E-state index contributed by atoms with van der Waals surface area (Å²) in [5.74, 6) is 1.24. The van der Waals surface area contributed by atoms with E-state index in [4.69, 9.17) is 11.5 Å². The van der Waals surface area contributed by atoms with Crippen LogP contribution in [0.2, 0.25) is 0 Å². The van der Waals surface area contributed by atoms with E-state index in [9.17, 15) is 4.79 Å². The molecule has 7 heteroatoms. The number of hydrogen-bond donors (Lipinski definition) is 4. The van der Waals surface area contributed by atoms with E-state index in [0.29, 0.717) is 29.3 Å². The van der Waals surface area contributed by atoms with Crippen LogP contribution < -0.4 is 22.1 Å². The van der Waals surface area contributed by atoms with Crippen molar-refractivity contribution in [1.29, 1.82) is 0 Å². The van der Waals surface area contributed by atoms with Gasteiger partial charge in [0.2, 0.25) is 5.95 Å². The van der Waals surface area contributed by atoms with Gasteiger partial charge < -0.3 is 22.1 Å². The van der Waals surface area contributed by atoms with Gasteiger partial charge in [-0.2, -0.15) is 4.98 Å². The molecule has 3 rings (SSSR count). The van der Waals surface area contributed by atoms with E-state index in [0.717, 1.165) is 25.7 Å². The van der Waals surface area contributed by atoms with E-state index < -0.39 is 5.91 Å². The van der Waals surface area contributed by atoms with Crippen LogP contribution in [-0.4, -0.2) is 34.0 Å². The fourth-order valence-electron chi connectivity index (χ4n) is 4.15. The lowest BCUT2D eigenvalue weighted by atomic mass is 9.85. The Bertz CT molecular complexity index is 608. The lowest BCUT2D eigenvalue weighted by molar-refractivity contribution is 0.100. The molecule has 1 atom stereocenters. The second-order valence-corrected chi connectivity index (χ2v) is 7.91. The molecule has 1 heterocycles. The van der Waals surface area contributed by atoms with Gasteiger partial charge in [0.25, 0.3) is 5.91 Å². The Morgan fingerprint density at radius 2 is 1.85 bits per heavy atom. The Morgan fingerprint density at radius 1 is 1.15 bits per heavy atom. The van der Waals surface area contributed by atoms with Crippen LogP contribution in [-0.2, 0) is 0 Å². The number of anilines is 2. The van der Waals surface area contributed by atoms with E-state index >= 15 is 0 Å². The number of nitrogens with zero attached hydrogens (tertiary/aromatic N) is 2. The van der Waals surface area contributed by atoms with Crippen LogP contribution in [0.3, 0.4) is 0 Å². The SMILES string of the molecule is C[C@H](Nc1ncc(C(N)=O)c(NC2CCC(N)CC2)n1)C1CCCCC1. The van der Waals surface area contributed by atoms with Crippen LogP contribution in [0.1, 0.15) is 75.1 Å². The number of carbonyl (C=O) groups excluding carboxylic acids is 1. The number of aromatic nitrogens is 2. The van der Waals surface area contributed by atoms with Crippen molar-refractivity contribution in [1.82, 2.24) is 9.97 Å². The Balaban J connectivity index is 1.69. The van der Waals surface area contributed by atoms with Gasteiger partial charge in [-0.1, -0.05) is 19.3 Å². The predicted molar refractivity (Wildman–Crippen MR) is 104 cm³/mol. The largest absolute Gasteiger partial charge is 0.367 e. The summed E-state index contributed by atoms with van der Waals surface area (Å²) >= 11 is 0. The highest BCUT2D eigenvalue weighted by atomic mass is 16.1. The lowest BCUT2D eigenvalue weighted by Gasteiger charge is -2.29. The molecule has 0 aromatic carbocycles. The maximum absolute atomic E-state index is 11.8. The number of nitrogens with one attached hydrogen (secondary N) is 2. The van der Waals surface area contributed by atoms with Crippen LogP contribution in [0, 0.1) is 5.92 Å². The second-order valence-electron chi connectivity index (χ2n) is 7.91. The maximum atomic E-state index is 11.8. The highest BCUT2D eigenvalue weighted by molar-refractivity contribution is 5.97. The van der Waals surface area contributed by atoms with Gasteiger partial charge >= 0.3 is 0 Å². The zero-order valence-electron chi connectivity index (χ0n) is 15.7. The molecule has 2 aliphatic rings. The van der Waals surface area contributed by atoms with E-state index in [1.807, 2.05) is 0 Å². The number of nitrogens with two attached hydrogens (primary N) is 2. The van der Waals surface area contributed by atoms with Gasteiger partial charge in [0.15, 0.2) is 0 Å². The van der Waals surface area contributed by atoms with Crippen LogP contribution >= 0.6 is 0 Å². The minimum atomic E-state index is -0.508. The Morgan fingerprint density at radius 3 is 2.50 bits per heavy atom. The Kier molecular flexibility index (Phi) is 6.29. The third-order valence-corrected chi connectivity index (χ3v) is 5.88. The first-order chi connectivity index (χ1) is 12.5. The molecule has 0 radical (unpaired) electrons. The number of primary amides is 1. The average molecular weight is 361 g/mol. The molecule has 1 amide bonds. The molecule has 0 spiro atoms. The third kappa shape index (κ3) is 4.84. The molecule has 7 nitrogen and oxygen atoms in total. The van der Waals surface area contributed by atoms with E-state index in [1.165, 1.54) is 38.3 Å². The van der Waals surface area contributed by atoms with Gasteiger partial charge in [-0.3, -0.25) is 4.79 Å². The number of amides is 1. The molecule has 26 heavy (non-hydrogen) atoms. The molecule has 1 aromatic heterocycles. The standard InChI is InChI=1S/C19H32N6O/c1-12(13-5-3-2-4-6-13)23-19-22-11-16(17(21)26)18(25-19)24-15-9-7-14(20)8-10-15/h11-15H,2-10,20H2,1H3,(H2,21,26)(H2,22,23,24,25)/t12-,14?,15?/m0/s1. The van der Waals surface area contributed by atoms with Gasteiger partial charge in [-0.25, -0.2) is 4.98 Å². The molecule has 0 unspecified atom stereocenters. The van der Waals surface area contributed by atoms with Crippen LogP contribution in [0.4, 0.5) is 11.8 Å². The van der Waals surface area contributed by atoms with E-state index in [1.54, 1.807) is 0 Å². The Labute approximate surface area is 155 Å². The first kappa shape index (κ1) is 18.9. The average Bonchev–Trinajstić information content (AvgIpc) is 2.64. The van der Waals surface area contributed by atoms with Gasteiger partial charge in [-0.05, 0) is 51.4 Å². The van der Waals surface area contributed by atoms with Crippen molar-refractivity contribution in [3.8, 4) is 0 Å². The van der Waals surface area contributed by atoms with Crippen molar-refractivity contribution in [2.45, 2.75) is 82.8 Å². The van der Waals surface area contributed by atoms with Gasteiger partial charge in [0.1, 0.15) is 5.82 Å². The summed E-state index contributed by atoms with van der Waals surface area (Å²) in [5.41, 5.74) is 11.8. The highest BCUT2D eigenvalue weighted by Gasteiger charge is 2.23. The predicted octanol–water partition coefficient (Wildman–Crippen LogP) is 2.64. The summed E-state index contributed by atoms with van der Waals surface area (Å²) < 4.78 is 0. The monoisotopic (exact) mass is 360 g/mol. The molecule has 0 bridgehead atoms. The zero-order valence-corrected chi connectivity index (χ0v) is 15.7. The first-order valence-electron chi connectivity index (χ1n) is 9.98. The number of carbonyl (C=O) groups is 1. The minimum Gasteiger partial charge on any atom is -0.367 e. The summed E-state index contributed by atoms with van der Waals surface area (Å²) in [6, 6.07) is 0.865. The number of rotatable bonds is 6. The van der Waals surface area contributed by atoms with Crippen molar-refractivity contribution in [3.05, 3.63) is 11.8 Å². The van der Waals surface area contributed by atoms with Crippen LogP contribution in [0.5, 0.6) is 0 Å². The summed E-state index contributed by atoms with van der Waals surface area (Å²) in [6.07, 6.45) is 11.9. The molecule has 1 aromatic rings. The summed E-state index contributed by atoms with van der Waals surface area (Å²) in [4.78, 5) is 20.7. The number of hydrogen-bond acceptors (Lipinski definition) is 6. The normalized spacial score (nSPS) is 25.5. The quantitative estimate of drug-likeness (QED) is 0.619. The van der Waals surface area contributed by atoms with E-state index in [-0.39, 0.29) is 12.1 Å². The van der Waals surface area contributed by atoms with Gasteiger partial charge in [0.05, 0.1) is 5.56 Å². The van der Waals surface area contributed by atoms with E-state index in [2.05, 4.69) is 27.5 Å². The minimum absolute atomic E-state index is 0.270. The molecule has 144 valence electrons. The van der Waals surface area contributed by atoms with Crippen molar-refractivity contribution in [3.63, 3.8) is 0 Å². The van der Waals surface area contributed by atoms with Crippen LogP contribution in [0.15, 0.2) is 6.20 Å². The molecular weight excluding hydrogens is 328 g/mol. The Hall–Kier alpha value is -1.89. The van der Waals surface area contributed by atoms with Crippen LogP contribution in [0.25, 0.3) is 0 Å². The second kappa shape index (κ2) is 8.66. The molecule has 6 N–H and O–H groups in total. The maximum Gasteiger partial charge on any atom is 0.254 e. The van der Waals surface area contributed by atoms with Gasteiger partial charge in [0, 0.05) is 24.3 Å². The first-order valence-corrected chi connectivity index (χ1v) is 9.98. The topological polar surface area (TPSA) is 119 Å². The van der Waals surface area contributed by atoms with Crippen molar-refractivity contribution in [2.24, 2.45) is 17.4 Å². The molecular formula is C19H32N6O. The third-order valence-electron chi connectivity index (χ3n) is 5.88.